The maximum Gasteiger partial charge on any atom is 0.490 e. The Hall–Kier alpha value is -3.40. The van der Waals surface area contributed by atoms with E-state index in [0.717, 1.165) is 44.4 Å². The van der Waals surface area contributed by atoms with Crippen LogP contribution in [0, 0.1) is 0 Å². The maximum absolute atomic E-state index is 11.0. The van der Waals surface area contributed by atoms with Crippen LogP contribution < -0.4 is 0 Å². The molecule has 34 heavy (non-hydrogen) atoms. The fourth-order valence-corrected chi connectivity index (χ4v) is 4.10. The van der Waals surface area contributed by atoms with Crippen LogP contribution in [0.4, 0.5) is 13.2 Å². The van der Waals surface area contributed by atoms with Gasteiger partial charge < -0.3 is 14.8 Å². The molecule has 0 atom stereocenters. The number of piperidine rings is 1. The highest BCUT2D eigenvalue weighted by Crippen LogP contribution is 2.29. The van der Waals surface area contributed by atoms with Crippen molar-refractivity contribution in [3.8, 4) is 0 Å². The van der Waals surface area contributed by atoms with Crippen LogP contribution in [-0.4, -0.2) is 55.9 Å². The average Bonchev–Trinajstić information content (AvgIpc) is 3.18. The van der Waals surface area contributed by atoms with Gasteiger partial charge in [-0.1, -0.05) is 31.2 Å². The summed E-state index contributed by atoms with van der Waals surface area (Å²) in [6.07, 6.45) is -1.91. The van der Waals surface area contributed by atoms with Crippen LogP contribution in [-0.2, 0) is 17.8 Å². The molecule has 0 bridgehead atoms. The van der Waals surface area contributed by atoms with Crippen molar-refractivity contribution in [1.29, 1.82) is 0 Å². The van der Waals surface area contributed by atoms with Crippen molar-refractivity contribution in [2.24, 2.45) is 0 Å². The van der Waals surface area contributed by atoms with E-state index in [1.54, 1.807) is 12.1 Å². The van der Waals surface area contributed by atoms with E-state index >= 15 is 0 Å². The number of carboxylic acid groups (broad SMARTS) is 2. The number of aromatic nitrogens is 2. The number of para-hydroxylation sites is 2. The zero-order valence-corrected chi connectivity index (χ0v) is 18.6. The number of carbonyl (C=O) groups is 2. The van der Waals surface area contributed by atoms with Crippen LogP contribution in [0.2, 0.25) is 0 Å². The van der Waals surface area contributed by atoms with Gasteiger partial charge in [0.2, 0.25) is 0 Å². The minimum atomic E-state index is -5.08. The molecule has 0 saturated carbocycles. The van der Waals surface area contributed by atoms with Crippen molar-refractivity contribution >= 4 is 23.0 Å². The van der Waals surface area contributed by atoms with Crippen molar-refractivity contribution in [1.82, 2.24) is 14.5 Å². The Morgan fingerprint density at radius 3 is 2.15 bits per heavy atom. The molecule has 2 aromatic carbocycles. The van der Waals surface area contributed by atoms with Gasteiger partial charge in [0.15, 0.2) is 0 Å². The third-order valence-corrected chi connectivity index (χ3v) is 5.76. The predicted molar refractivity (Wildman–Crippen MR) is 120 cm³/mol. The monoisotopic (exact) mass is 477 g/mol. The SMILES string of the molecule is CCc1nc2ccccc2n1C1CCN(Cc2ccc(C(=O)O)cc2)CC1.O=C(O)C(F)(F)F. The van der Waals surface area contributed by atoms with Gasteiger partial charge in [-0.2, -0.15) is 13.2 Å². The van der Waals surface area contributed by atoms with Gasteiger partial charge in [-0.3, -0.25) is 4.90 Å². The number of likely N-dealkylation sites (tertiary alicyclic amines) is 1. The van der Waals surface area contributed by atoms with Crippen LogP contribution >= 0.6 is 0 Å². The molecule has 4 rings (SSSR count). The molecule has 0 spiro atoms. The first-order chi connectivity index (χ1) is 16.1. The molecule has 10 heteroatoms. The molecule has 0 radical (unpaired) electrons. The predicted octanol–water partition coefficient (Wildman–Crippen LogP) is 4.77. The van der Waals surface area contributed by atoms with Gasteiger partial charge in [-0.05, 0) is 42.7 Å². The molecule has 1 aliphatic rings. The van der Waals surface area contributed by atoms with E-state index in [4.69, 9.17) is 20.0 Å². The standard InChI is InChI=1S/C22H25N3O2.C2HF3O2/c1-2-21-23-19-5-3-4-6-20(19)25(21)18-11-13-24(14-12-18)15-16-7-9-17(10-8-16)22(26)27;3-2(4,5)1(6)7/h3-10,18H,2,11-15H2,1H3,(H,26,27);(H,6,7). The van der Waals surface area contributed by atoms with E-state index in [0.29, 0.717) is 11.6 Å². The van der Waals surface area contributed by atoms with E-state index in [-0.39, 0.29) is 0 Å². The summed E-state index contributed by atoms with van der Waals surface area (Å²) in [6, 6.07) is 16.2. The van der Waals surface area contributed by atoms with E-state index < -0.39 is 18.1 Å². The quantitative estimate of drug-likeness (QED) is 0.550. The third-order valence-electron chi connectivity index (χ3n) is 5.76. The Balaban J connectivity index is 0.000000406. The summed E-state index contributed by atoms with van der Waals surface area (Å²) < 4.78 is 34.2. The van der Waals surface area contributed by atoms with Gasteiger partial charge in [0.1, 0.15) is 5.82 Å². The van der Waals surface area contributed by atoms with Crippen molar-refractivity contribution in [3.05, 3.63) is 65.5 Å². The first kappa shape index (κ1) is 25.2. The summed E-state index contributed by atoms with van der Waals surface area (Å²) in [5, 5.41) is 16.1. The van der Waals surface area contributed by atoms with Gasteiger partial charge in [0.05, 0.1) is 16.6 Å². The number of aromatic carboxylic acids is 1. The van der Waals surface area contributed by atoms with Crippen LogP contribution in [0.1, 0.15) is 47.6 Å². The average molecular weight is 477 g/mol. The van der Waals surface area contributed by atoms with Crippen molar-refractivity contribution in [2.75, 3.05) is 13.1 Å². The number of aryl methyl sites for hydroxylation is 1. The molecule has 1 saturated heterocycles. The Morgan fingerprint density at radius 2 is 1.62 bits per heavy atom. The number of benzene rings is 2. The van der Waals surface area contributed by atoms with E-state index in [1.165, 1.54) is 16.9 Å². The highest BCUT2D eigenvalue weighted by atomic mass is 19.4. The zero-order chi connectivity index (χ0) is 24.9. The number of aliphatic carboxylic acids is 1. The molecule has 1 fully saturated rings. The fourth-order valence-electron chi connectivity index (χ4n) is 4.10. The second-order valence-electron chi connectivity index (χ2n) is 8.05. The normalized spacial score (nSPS) is 15.1. The number of carboxylic acids is 2. The lowest BCUT2D eigenvalue weighted by molar-refractivity contribution is -0.192. The molecular weight excluding hydrogens is 451 g/mol. The van der Waals surface area contributed by atoms with Crippen molar-refractivity contribution in [2.45, 2.75) is 44.9 Å². The van der Waals surface area contributed by atoms with E-state index in [2.05, 4.69) is 40.7 Å². The zero-order valence-electron chi connectivity index (χ0n) is 18.6. The molecule has 0 amide bonds. The van der Waals surface area contributed by atoms with Gasteiger partial charge in [-0.15, -0.1) is 0 Å². The summed E-state index contributed by atoms with van der Waals surface area (Å²) in [4.78, 5) is 27.1. The number of imidazole rings is 1. The summed E-state index contributed by atoms with van der Waals surface area (Å²) in [6.45, 7) is 5.13. The maximum atomic E-state index is 11.0. The van der Waals surface area contributed by atoms with Gasteiger partial charge >= 0.3 is 18.1 Å². The van der Waals surface area contributed by atoms with E-state index in [1.807, 2.05) is 12.1 Å². The molecular formula is C24H26F3N3O4. The first-order valence-corrected chi connectivity index (χ1v) is 10.9. The van der Waals surface area contributed by atoms with Gasteiger partial charge in [0.25, 0.3) is 0 Å². The highest BCUT2D eigenvalue weighted by molar-refractivity contribution is 5.87. The smallest absolute Gasteiger partial charge is 0.478 e. The lowest BCUT2D eigenvalue weighted by Crippen LogP contribution is -2.34. The van der Waals surface area contributed by atoms with Gasteiger partial charge in [-0.25, -0.2) is 14.6 Å². The first-order valence-electron chi connectivity index (χ1n) is 10.9. The second-order valence-corrected chi connectivity index (χ2v) is 8.05. The number of rotatable bonds is 5. The number of nitrogens with zero attached hydrogens (tertiary/aromatic N) is 3. The van der Waals surface area contributed by atoms with Crippen LogP contribution in [0.5, 0.6) is 0 Å². The number of hydrogen-bond donors (Lipinski definition) is 2. The topological polar surface area (TPSA) is 95.7 Å². The minimum absolute atomic E-state index is 0.344. The molecule has 7 nitrogen and oxygen atoms in total. The Bertz CT molecular complexity index is 1130. The molecule has 1 aromatic heterocycles. The summed E-state index contributed by atoms with van der Waals surface area (Å²) in [5.41, 5.74) is 3.85. The molecule has 0 unspecified atom stereocenters. The Kier molecular flexibility index (Phi) is 7.93. The van der Waals surface area contributed by atoms with Gasteiger partial charge in [0, 0.05) is 32.1 Å². The molecule has 3 aromatic rings. The summed E-state index contributed by atoms with van der Waals surface area (Å²) in [7, 11) is 0. The summed E-state index contributed by atoms with van der Waals surface area (Å²) in [5.74, 6) is -2.45. The minimum Gasteiger partial charge on any atom is -0.478 e. The van der Waals surface area contributed by atoms with Crippen LogP contribution in [0.15, 0.2) is 48.5 Å². The van der Waals surface area contributed by atoms with Crippen LogP contribution in [0.3, 0.4) is 0 Å². The number of alkyl halides is 3. The van der Waals surface area contributed by atoms with Crippen molar-refractivity contribution < 1.29 is 33.0 Å². The Labute approximate surface area is 194 Å². The number of halogens is 3. The van der Waals surface area contributed by atoms with Crippen LogP contribution in [0.25, 0.3) is 11.0 Å². The van der Waals surface area contributed by atoms with Crippen molar-refractivity contribution in [3.63, 3.8) is 0 Å². The van der Waals surface area contributed by atoms with E-state index in [9.17, 15) is 18.0 Å². The third kappa shape index (κ3) is 6.13. The lowest BCUT2D eigenvalue weighted by atomic mass is 10.0. The fraction of sp³-hybridized carbons (Fsp3) is 0.375. The molecule has 182 valence electrons. The number of hydrogen-bond acceptors (Lipinski definition) is 4. The molecule has 2 heterocycles. The largest absolute Gasteiger partial charge is 0.490 e. The molecule has 1 aliphatic heterocycles. The molecule has 0 aliphatic carbocycles. The highest BCUT2D eigenvalue weighted by Gasteiger charge is 2.38. The molecule has 2 N–H and O–H groups in total. The Morgan fingerprint density at radius 1 is 1.03 bits per heavy atom. The second kappa shape index (κ2) is 10.7. The summed E-state index contributed by atoms with van der Waals surface area (Å²) >= 11 is 0. The number of fused-ring (bicyclic) bond motifs is 1. The lowest BCUT2D eigenvalue weighted by Gasteiger charge is -2.33.